The quantitative estimate of drug-likeness (QED) is 0.654. The largest absolute Gasteiger partial charge is 0.497 e. The second-order valence-electron chi connectivity index (χ2n) is 5.80. The molecule has 0 aliphatic heterocycles. The first kappa shape index (κ1) is 18.2. The van der Waals surface area contributed by atoms with Gasteiger partial charge in [-0.2, -0.15) is 5.10 Å². The third-order valence-electron chi connectivity index (χ3n) is 3.88. The number of H-pyrrole nitrogens is 1. The molecule has 0 fully saturated rings. The Morgan fingerprint density at radius 3 is 2.44 bits per heavy atom. The molecule has 3 rings (SSSR count). The van der Waals surface area contributed by atoms with E-state index in [1.165, 1.54) is 6.92 Å². The molecule has 1 aromatic heterocycles. The van der Waals surface area contributed by atoms with Crippen LogP contribution in [0, 0.1) is 0 Å². The molecule has 0 bridgehead atoms. The lowest BCUT2D eigenvalue weighted by Crippen LogP contribution is -2.30. The number of aromatic amines is 1. The molecule has 2 aromatic carbocycles. The summed E-state index contributed by atoms with van der Waals surface area (Å²) in [5, 5.41) is 9.43. The van der Waals surface area contributed by atoms with Gasteiger partial charge >= 0.3 is 5.97 Å². The number of amides is 1. The summed E-state index contributed by atoms with van der Waals surface area (Å²) in [7, 11) is 1.56. The summed E-state index contributed by atoms with van der Waals surface area (Å²) in [6.07, 6.45) is -0.969. The van der Waals surface area contributed by atoms with Crippen LogP contribution < -0.4 is 10.1 Å². The summed E-state index contributed by atoms with van der Waals surface area (Å²) < 4.78 is 10.3. The number of ether oxygens (including phenoxy) is 2. The minimum absolute atomic E-state index is 0.179. The molecule has 0 saturated carbocycles. The van der Waals surface area contributed by atoms with Crippen LogP contribution in [-0.2, 0) is 9.53 Å². The molecular formula is C20H19N3O4. The van der Waals surface area contributed by atoms with E-state index in [9.17, 15) is 9.59 Å². The predicted molar refractivity (Wildman–Crippen MR) is 101 cm³/mol. The second-order valence-corrected chi connectivity index (χ2v) is 5.80. The van der Waals surface area contributed by atoms with Crippen molar-refractivity contribution in [1.29, 1.82) is 0 Å². The number of hydrogen-bond acceptors (Lipinski definition) is 5. The van der Waals surface area contributed by atoms with Gasteiger partial charge in [-0.3, -0.25) is 9.89 Å². The number of methoxy groups -OCH3 is 1. The van der Waals surface area contributed by atoms with Crippen LogP contribution in [0.15, 0.2) is 60.7 Å². The van der Waals surface area contributed by atoms with Crippen molar-refractivity contribution in [3.63, 3.8) is 0 Å². The van der Waals surface area contributed by atoms with Gasteiger partial charge in [-0.05, 0) is 37.3 Å². The third kappa shape index (κ3) is 4.52. The Morgan fingerprint density at radius 1 is 1.07 bits per heavy atom. The minimum Gasteiger partial charge on any atom is -0.497 e. The highest BCUT2D eigenvalue weighted by Gasteiger charge is 2.20. The zero-order valence-corrected chi connectivity index (χ0v) is 14.9. The highest BCUT2D eigenvalue weighted by Crippen LogP contribution is 2.18. The van der Waals surface area contributed by atoms with Crippen LogP contribution in [0.25, 0.3) is 11.3 Å². The first-order valence-electron chi connectivity index (χ1n) is 8.33. The number of anilines is 1. The molecule has 138 valence electrons. The number of esters is 1. The standard InChI is InChI=1S/C20H19N3O4/c1-13(19(24)21-15-8-10-16(26-2)11-9-15)27-20(25)18-12-17(22-23-18)14-6-4-3-5-7-14/h3-13H,1-2H3,(H,21,24)(H,22,23)/t13-/m0/s1. The Hall–Kier alpha value is -3.61. The Morgan fingerprint density at radius 2 is 1.78 bits per heavy atom. The van der Waals surface area contributed by atoms with Crippen molar-refractivity contribution < 1.29 is 19.1 Å². The lowest BCUT2D eigenvalue weighted by atomic mass is 10.1. The van der Waals surface area contributed by atoms with Crippen LogP contribution in [-0.4, -0.2) is 35.3 Å². The van der Waals surface area contributed by atoms with Crippen molar-refractivity contribution in [2.45, 2.75) is 13.0 Å². The maximum Gasteiger partial charge on any atom is 0.357 e. The number of nitrogens with zero attached hydrogens (tertiary/aromatic N) is 1. The van der Waals surface area contributed by atoms with E-state index in [4.69, 9.17) is 9.47 Å². The van der Waals surface area contributed by atoms with Crippen molar-refractivity contribution in [3.05, 3.63) is 66.4 Å². The number of carbonyl (C=O) groups excluding carboxylic acids is 2. The van der Waals surface area contributed by atoms with E-state index in [-0.39, 0.29) is 5.69 Å². The summed E-state index contributed by atoms with van der Waals surface area (Å²) >= 11 is 0. The third-order valence-corrected chi connectivity index (χ3v) is 3.88. The molecule has 0 spiro atoms. The van der Waals surface area contributed by atoms with Gasteiger partial charge in [-0.1, -0.05) is 30.3 Å². The fraction of sp³-hybridized carbons (Fsp3) is 0.150. The molecule has 0 saturated heterocycles. The summed E-state index contributed by atoms with van der Waals surface area (Å²) in [6.45, 7) is 1.51. The van der Waals surface area contributed by atoms with Gasteiger partial charge in [0, 0.05) is 11.3 Å². The van der Waals surface area contributed by atoms with Crippen molar-refractivity contribution >= 4 is 17.6 Å². The first-order valence-corrected chi connectivity index (χ1v) is 8.33. The van der Waals surface area contributed by atoms with E-state index in [1.807, 2.05) is 30.3 Å². The molecule has 0 aliphatic rings. The van der Waals surface area contributed by atoms with Gasteiger partial charge < -0.3 is 14.8 Å². The molecule has 1 heterocycles. The predicted octanol–water partition coefficient (Wildman–Crippen LogP) is 3.27. The van der Waals surface area contributed by atoms with Crippen LogP contribution in [0.5, 0.6) is 5.75 Å². The van der Waals surface area contributed by atoms with Gasteiger partial charge in [0.1, 0.15) is 11.4 Å². The Kier molecular flexibility index (Phi) is 5.51. The second kappa shape index (κ2) is 8.18. The average Bonchev–Trinajstić information content (AvgIpc) is 3.19. The van der Waals surface area contributed by atoms with Crippen molar-refractivity contribution in [2.24, 2.45) is 0 Å². The Balaban J connectivity index is 1.59. The van der Waals surface area contributed by atoms with Crippen LogP contribution in [0.2, 0.25) is 0 Å². The summed E-state index contributed by atoms with van der Waals surface area (Å²) in [6, 6.07) is 17.9. The van der Waals surface area contributed by atoms with E-state index in [1.54, 1.807) is 37.4 Å². The molecule has 27 heavy (non-hydrogen) atoms. The SMILES string of the molecule is COc1ccc(NC(=O)[C@H](C)OC(=O)c2cc(-c3ccccc3)n[nH]2)cc1. The molecule has 7 nitrogen and oxygen atoms in total. The van der Waals surface area contributed by atoms with E-state index in [0.29, 0.717) is 17.1 Å². The number of aromatic nitrogens is 2. The lowest BCUT2D eigenvalue weighted by Gasteiger charge is -2.13. The lowest BCUT2D eigenvalue weighted by molar-refractivity contribution is -0.123. The van der Waals surface area contributed by atoms with E-state index >= 15 is 0 Å². The van der Waals surface area contributed by atoms with Crippen LogP contribution in [0.3, 0.4) is 0 Å². The Labute approximate surface area is 156 Å². The fourth-order valence-corrected chi connectivity index (χ4v) is 2.38. The van der Waals surface area contributed by atoms with Crippen LogP contribution in [0.1, 0.15) is 17.4 Å². The summed E-state index contributed by atoms with van der Waals surface area (Å²) in [5.41, 5.74) is 2.26. The monoisotopic (exact) mass is 365 g/mol. The van der Waals surface area contributed by atoms with Crippen molar-refractivity contribution in [2.75, 3.05) is 12.4 Å². The molecule has 7 heteroatoms. The molecule has 2 N–H and O–H groups in total. The maximum absolute atomic E-state index is 12.3. The molecule has 0 unspecified atom stereocenters. The van der Waals surface area contributed by atoms with E-state index in [2.05, 4.69) is 15.5 Å². The average molecular weight is 365 g/mol. The van der Waals surface area contributed by atoms with E-state index in [0.717, 1.165) is 5.56 Å². The smallest absolute Gasteiger partial charge is 0.357 e. The van der Waals surface area contributed by atoms with Crippen molar-refractivity contribution in [3.8, 4) is 17.0 Å². The van der Waals surface area contributed by atoms with Gasteiger partial charge in [0.05, 0.1) is 12.8 Å². The van der Waals surface area contributed by atoms with Gasteiger partial charge in [-0.25, -0.2) is 4.79 Å². The van der Waals surface area contributed by atoms with Gasteiger partial charge in [0.25, 0.3) is 5.91 Å². The molecular weight excluding hydrogens is 346 g/mol. The van der Waals surface area contributed by atoms with Gasteiger partial charge in [0.2, 0.25) is 0 Å². The zero-order chi connectivity index (χ0) is 19.2. The summed E-state index contributed by atoms with van der Waals surface area (Å²) in [5.74, 6) is -0.403. The van der Waals surface area contributed by atoms with Crippen LogP contribution in [0.4, 0.5) is 5.69 Å². The van der Waals surface area contributed by atoms with Crippen molar-refractivity contribution in [1.82, 2.24) is 10.2 Å². The topological polar surface area (TPSA) is 93.3 Å². The molecule has 1 atom stereocenters. The number of carbonyl (C=O) groups is 2. The fourth-order valence-electron chi connectivity index (χ4n) is 2.38. The first-order chi connectivity index (χ1) is 13.1. The van der Waals surface area contributed by atoms with E-state index < -0.39 is 18.0 Å². The molecule has 3 aromatic rings. The van der Waals surface area contributed by atoms with Crippen LogP contribution >= 0.6 is 0 Å². The maximum atomic E-state index is 12.3. The minimum atomic E-state index is -0.969. The molecule has 1 amide bonds. The number of hydrogen-bond donors (Lipinski definition) is 2. The number of benzene rings is 2. The Bertz CT molecular complexity index is 920. The zero-order valence-electron chi connectivity index (χ0n) is 14.9. The highest BCUT2D eigenvalue weighted by atomic mass is 16.5. The highest BCUT2D eigenvalue weighted by molar-refractivity contribution is 5.97. The number of rotatable bonds is 6. The normalized spacial score (nSPS) is 11.5. The van der Waals surface area contributed by atoms with Gasteiger partial charge in [0.15, 0.2) is 6.10 Å². The summed E-state index contributed by atoms with van der Waals surface area (Å²) in [4.78, 5) is 24.5. The number of nitrogens with one attached hydrogen (secondary N) is 2. The molecule has 0 aliphatic carbocycles. The molecule has 0 radical (unpaired) electrons. The van der Waals surface area contributed by atoms with Gasteiger partial charge in [-0.15, -0.1) is 0 Å².